The Balaban J connectivity index is 1.71. The first kappa shape index (κ1) is 15.4. The predicted octanol–water partition coefficient (Wildman–Crippen LogP) is 4.73. The van der Waals surface area contributed by atoms with E-state index in [9.17, 15) is 4.39 Å². The second-order valence-corrected chi connectivity index (χ2v) is 5.78. The Bertz CT molecular complexity index is 778. The summed E-state index contributed by atoms with van der Waals surface area (Å²) in [5, 5.41) is 6.04. The van der Waals surface area contributed by atoms with Crippen LogP contribution in [0.25, 0.3) is 0 Å². The van der Waals surface area contributed by atoms with Gasteiger partial charge < -0.3 is 10.6 Å². The zero-order valence-electron chi connectivity index (χ0n) is 12.1. The van der Waals surface area contributed by atoms with Gasteiger partial charge in [-0.15, -0.1) is 0 Å². The highest BCUT2D eigenvalue weighted by Crippen LogP contribution is 2.18. The van der Waals surface area contributed by atoms with E-state index < -0.39 is 5.82 Å². The van der Waals surface area contributed by atoms with Crippen LogP contribution in [0.3, 0.4) is 0 Å². The van der Waals surface area contributed by atoms with Gasteiger partial charge in [0.1, 0.15) is 0 Å². The molecule has 0 unspecified atom stereocenters. The molecule has 0 bridgehead atoms. The van der Waals surface area contributed by atoms with Gasteiger partial charge in [-0.05, 0) is 29.8 Å². The van der Waals surface area contributed by atoms with Crippen molar-refractivity contribution >= 4 is 33.4 Å². The first-order valence-electron chi connectivity index (χ1n) is 7.03. The first-order valence-corrected chi connectivity index (χ1v) is 7.83. The molecule has 0 radical (unpaired) electrons. The van der Waals surface area contributed by atoms with E-state index in [1.165, 1.54) is 0 Å². The molecule has 2 aromatic carbocycles. The molecule has 0 fully saturated rings. The molecule has 0 aliphatic heterocycles. The molecule has 1 aromatic heterocycles. The third kappa shape index (κ3) is 4.26. The lowest BCUT2D eigenvalue weighted by atomic mass is 10.2. The molecule has 0 saturated carbocycles. The zero-order chi connectivity index (χ0) is 16.1. The SMILES string of the molecule is Fc1cnc(NCc2ccc(Br)cc2)nc1Nc1ccccc1. The maximum Gasteiger partial charge on any atom is 0.225 e. The number of aromatic nitrogens is 2. The monoisotopic (exact) mass is 372 g/mol. The van der Waals surface area contributed by atoms with Crippen LogP contribution in [-0.2, 0) is 6.54 Å². The van der Waals surface area contributed by atoms with E-state index in [0.29, 0.717) is 12.5 Å². The van der Waals surface area contributed by atoms with Gasteiger partial charge in [-0.2, -0.15) is 4.98 Å². The minimum absolute atomic E-state index is 0.143. The summed E-state index contributed by atoms with van der Waals surface area (Å²) >= 11 is 3.40. The van der Waals surface area contributed by atoms with Crippen molar-refractivity contribution in [3.05, 3.63) is 76.6 Å². The molecule has 23 heavy (non-hydrogen) atoms. The number of hydrogen-bond acceptors (Lipinski definition) is 4. The lowest BCUT2D eigenvalue weighted by Gasteiger charge is -2.09. The van der Waals surface area contributed by atoms with E-state index >= 15 is 0 Å². The Morgan fingerprint density at radius 2 is 1.74 bits per heavy atom. The van der Waals surface area contributed by atoms with Gasteiger partial charge >= 0.3 is 0 Å². The van der Waals surface area contributed by atoms with E-state index in [1.807, 2.05) is 54.6 Å². The molecule has 0 atom stereocenters. The largest absolute Gasteiger partial charge is 0.350 e. The average Bonchev–Trinajstić information content (AvgIpc) is 2.58. The number of nitrogens with zero attached hydrogens (tertiary/aromatic N) is 2. The summed E-state index contributed by atoms with van der Waals surface area (Å²) in [5.41, 5.74) is 1.85. The topological polar surface area (TPSA) is 49.8 Å². The van der Waals surface area contributed by atoms with Crippen LogP contribution in [0.2, 0.25) is 0 Å². The van der Waals surface area contributed by atoms with Gasteiger partial charge in [0.05, 0.1) is 6.20 Å². The Hall–Kier alpha value is -2.47. The van der Waals surface area contributed by atoms with Crippen molar-refractivity contribution in [2.75, 3.05) is 10.6 Å². The summed E-state index contributed by atoms with van der Waals surface area (Å²) < 4.78 is 14.9. The van der Waals surface area contributed by atoms with Crippen LogP contribution in [0.15, 0.2) is 65.3 Å². The highest BCUT2D eigenvalue weighted by Gasteiger charge is 2.07. The molecule has 116 valence electrons. The molecule has 0 aliphatic rings. The standard InChI is InChI=1S/C17H14BrFN4/c18-13-8-6-12(7-9-13)10-20-17-21-11-15(19)16(23-17)22-14-4-2-1-3-5-14/h1-9,11H,10H2,(H2,20,21,22,23). The van der Waals surface area contributed by atoms with Crippen LogP contribution in [0.5, 0.6) is 0 Å². The van der Waals surface area contributed by atoms with E-state index in [2.05, 4.69) is 36.5 Å². The van der Waals surface area contributed by atoms with Gasteiger partial charge in [-0.1, -0.05) is 46.3 Å². The molecule has 0 aliphatic carbocycles. The van der Waals surface area contributed by atoms with Gasteiger partial charge in [0.2, 0.25) is 5.95 Å². The molecule has 3 rings (SSSR count). The van der Waals surface area contributed by atoms with Crippen LogP contribution in [0, 0.1) is 5.82 Å². The van der Waals surface area contributed by atoms with E-state index in [4.69, 9.17) is 0 Å². The summed E-state index contributed by atoms with van der Waals surface area (Å²) in [4.78, 5) is 8.15. The fourth-order valence-electron chi connectivity index (χ4n) is 1.98. The molecular weight excluding hydrogens is 359 g/mol. The number of halogens is 2. The van der Waals surface area contributed by atoms with Crippen LogP contribution in [0.1, 0.15) is 5.56 Å². The molecule has 3 aromatic rings. The minimum Gasteiger partial charge on any atom is -0.350 e. The molecule has 0 amide bonds. The number of rotatable bonds is 5. The molecular formula is C17H14BrFN4. The van der Waals surface area contributed by atoms with Gasteiger partial charge in [0.15, 0.2) is 11.6 Å². The summed E-state index contributed by atoms with van der Waals surface area (Å²) in [6.45, 7) is 0.559. The smallest absolute Gasteiger partial charge is 0.225 e. The Morgan fingerprint density at radius 1 is 1.00 bits per heavy atom. The van der Waals surface area contributed by atoms with E-state index in [0.717, 1.165) is 21.9 Å². The zero-order valence-corrected chi connectivity index (χ0v) is 13.7. The second-order valence-electron chi connectivity index (χ2n) is 4.86. The summed E-state index contributed by atoms with van der Waals surface area (Å²) in [5.74, 6) is 0.0142. The average molecular weight is 373 g/mol. The van der Waals surface area contributed by atoms with Crippen molar-refractivity contribution in [2.45, 2.75) is 6.54 Å². The maximum absolute atomic E-state index is 13.8. The summed E-state index contributed by atoms with van der Waals surface area (Å²) in [6, 6.07) is 17.2. The van der Waals surface area contributed by atoms with Crippen molar-refractivity contribution in [1.29, 1.82) is 0 Å². The van der Waals surface area contributed by atoms with Crippen LogP contribution in [-0.4, -0.2) is 9.97 Å². The van der Waals surface area contributed by atoms with E-state index in [-0.39, 0.29) is 5.82 Å². The third-order valence-electron chi connectivity index (χ3n) is 3.14. The first-order chi connectivity index (χ1) is 11.2. The predicted molar refractivity (Wildman–Crippen MR) is 93.2 cm³/mol. The van der Waals surface area contributed by atoms with Crippen molar-refractivity contribution in [2.24, 2.45) is 0 Å². The van der Waals surface area contributed by atoms with Gasteiger partial charge in [-0.25, -0.2) is 9.37 Å². The Labute approximate surface area is 141 Å². The minimum atomic E-state index is -0.497. The molecule has 4 nitrogen and oxygen atoms in total. The fourth-order valence-corrected chi connectivity index (χ4v) is 2.25. The van der Waals surface area contributed by atoms with Crippen molar-refractivity contribution < 1.29 is 4.39 Å². The Morgan fingerprint density at radius 3 is 2.48 bits per heavy atom. The number of hydrogen-bond donors (Lipinski definition) is 2. The van der Waals surface area contributed by atoms with Crippen molar-refractivity contribution in [1.82, 2.24) is 9.97 Å². The normalized spacial score (nSPS) is 10.3. The number of benzene rings is 2. The van der Waals surface area contributed by atoms with Gasteiger partial charge in [0, 0.05) is 16.7 Å². The van der Waals surface area contributed by atoms with E-state index in [1.54, 1.807) is 0 Å². The number of para-hydroxylation sites is 1. The highest BCUT2D eigenvalue weighted by molar-refractivity contribution is 9.10. The van der Waals surface area contributed by atoms with Crippen molar-refractivity contribution in [3.63, 3.8) is 0 Å². The number of anilines is 3. The van der Waals surface area contributed by atoms with Crippen molar-refractivity contribution in [3.8, 4) is 0 Å². The summed E-state index contributed by atoms with van der Waals surface area (Å²) in [6.07, 6.45) is 1.15. The molecule has 0 spiro atoms. The van der Waals surface area contributed by atoms with Gasteiger partial charge in [-0.3, -0.25) is 0 Å². The molecule has 1 heterocycles. The Kier molecular flexibility index (Phi) is 4.83. The molecule has 6 heteroatoms. The second kappa shape index (κ2) is 7.19. The summed E-state index contributed by atoms with van der Waals surface area (Å²) in [7, 11) is 0. The van der Waals surface area contributed by atoms with Gasteiger partial charge in [0.25, 0.3) is 0 Å². The fraction of sp³-hybridized carbons (Fsp3) is 0.0588. The van der Waals surface area contributed by atoms with Crippen LogP contribution >= 0.6 is 15.9 Å². The lowest BCUT2D eigenvalue weighted by Crippen LogP contribution is -2.06. The molecule has 2 N–H and O–H groups in total. The van der Waals surface area contributed by atoms with Crippen LogP contribution in [0.4, 0.5) is 21.8 Å². The molecule has 0 saturated heterocycles. The quantitative estimate of drug-likeness (QED) is 0.679. The lowest BCUT2D eigenvalue weighted by molar-refractivity contribution is 0.619. The van der Waals surface area contributed by atoms with Crippen LogP contribution < -0.4 is 10.6 Å². The highest BCUT2D eigenvalue weighted by atomic mass is 79.9. The number of nitrogens with one attached hydrogen (secondary N) is 2. The maximum atomic E-state index is 13.8. The third-order valence-corrected chi connectivity index (χ3v) is 3.67.